The van der Waals surface area contributed by atoms with E-state index in [1.807, 2.05) is 24.3 Å². The lowest BCUT2D eigenvalue weighted by Crippen LogP contribution is -2.49. The first kappa shape index (κ1) is 15.3. The SMILES string of the molecule is COc1cccc(C2c3cc4c(cc3OC3(O)COC(=O)C23)OCO4)c1. The second kappa shape index (κ2) is 5.28. The maximum absolute atomic E-state index is 12.4. The van der Waals surface area contributed by atoms with E-state index >= 15 is 0 Å². The molecule has 2 aromatic rings. The summed E-state index contributed by atoms with van der Waals surface area (Å²) in [6.45, 7) is -0.0946. The third kappa shape index (κ3) is 2.07. The molecule has 1 N–H and O–H groups in total. The monoisotopic (exact) mass is 356 g/mol. The molecule has 3 atom stereocenters. The lowest BCUT2D eigenvalue weighted by atomic mass is 9.75. The van der Waals surface area contributed by atoms with Gasteiger partial charge < -0.3 is 28.8 Å². The Hall–Kier alpha value is -2.93. The third-order valence-electron chi connectivity index (χ3n) is 5.07. The largest absolute Gasteiger partial charge is 0.497 e. The van der Waals surface area contributed by atoms with Gasteiger partial charge in [0.15, 0.2) is 18.1 Å². The predicted molar refractivity (Wildman–Crippen MR) is 87.4 cm³/mol. The van der Waals surface area contributed by atoms with E-state index in [4.69, 9.17) is 23.7 Å². The van der Waals surface area contributed by atoms with Crippen LogP contribution in [-0.4, -0.2) is 37.4 Å². The number of hydrogen-bond acceptors (Lipinski definition) is 7. The average Bonchev–Trinajstić information content (AvgIpc) is 3.22. The van der Waals surface area contributed by atoms with E-state index in [9.17, 15) is 9.90 Å². The van der Waals surface area contributed by atoms with Gasteiger partial charge in [-0.15, -0.1) is 0 Å². The van der Waals surface area contributed by atoms with Gasteiger partial charge >= 0.3 is 5.97 Å². The summed E-state index contributed by atoms with van der Waals surface area (Å²) in [6.07, 6.45) is 0. The highest BCUT2D eigenvalue weighted by atomic mass is 16.7. The molecule has 3 unspecified atom stereocenters. The Morgan fingerprint density at radius 2 is 1.92 bits per heavy atom. The van der Waals surface area contributed by atoms with E-state index in [0.29, 0.717) is 23.0 Å². The minimum Gasteiger partial charge on any atom is -0.497 e. The Bertz CT molecular complexity index is 909. The molecule has 3 aliphatic heterocycles. The van der Waals surface area contributed by atoms with Crippen molar-refractivity contribution in [3.63, 3.8) is 0 Å². The molecule has 0 radical (unpaired) electrons. The number of fused-ring (bicyclic) bond motifs is 3. The number of ether oxygens (including phenoxy) is 5. The highest BCUT2D eigenvalue weighted by Crippen LogP contribution is 2.53. The summed E-state index contributed by atoms with van der Waals surface area (Å²) in [6, 6.07) is 10.9. The van der Waals surface area contributed by atoms with Crippen LogP contribution in [0.1, 0.15) is 17.0 Å². The van der Waals surface area contributed by atoms with Crippen LogP contribution in [0.3, 0.4) is 0 Å². The summed E-state index contributed by atoms with van der Waals surface area (Å²) in [5, 5.41) is 11.0. The quantitative estimate of drug-likeness (QED) is 0.822. The fraction of sp³-hybridized carbons (Fsp3) is 0.316. The maximum atomic E-state index is 12.4. The fourth-order valence-corrected chi connectivity index (χ4v) is 3.88. The molecule has 7 nitrogen and oxygen atoms in total. The summed E-state index contributed by atoms with van der Waals surface area (Å²) in [4.78, 5) is 12.4. The van der Waals surface area contributed by atoms with Crippen molar-refractivity contribution in [1.29, 1.82) is 0 Å². The Morgan fingerprint density at radius 3 is 2.73 bits per heavy atom. The number of carbonyl (C=O) groups excluding carboxylic acids is 1. The molecule has 0 spiro atoms. The molecule has 2 aromatic carbocycles. The third-order valence-corrected chi connectivity index (χ3v) is 5.07. The molecule has 3 heterocycles. The minimum absolute atomic E-state index is 0.123. The lowest BCUT2D eigenvalue weighted by Gasteiger charge is -2.38. The normalized spacial score (nSPS) is 28.0. The minimum atomic E-state index is -1.73. The number of methoxy groups -OCH3 is 1. The zero-order valence-corrected chi connectivity index (χ0v) is 13.9. The summed E-state index contributed by atoms with van der Waals surface area (Å²) in [7, 11) is 1.58. The van der Waals surface area contributed by atoms with Gasteiger partial charge in [0.2, 0.25) is 6.79 Å². The van der Waals surface area contributed by atoms with Crippen molar-refractivity contribution in [2.45, 2.75) is 11.7 Å². The van der Waals surface area contributed by atoms with E-state index in [1.165, 1.54) is 0 Å². The van der Waals surface area contributed by atoms with Crippen LogP contribution in [0.5, 0.6) is 23.0 Å². The standard InChI is InChI=1S/C19H16O7/c1-22-11-4-2-3-10(5-11)16-12-6-14-15(25-9-24-14)7-13(12)26-19(21)8-23-18(20)17(16)19/h2-7,16-17,21H,8-9H2,1H3. The summed E-state index contributed by atoms with van der Waals surface area (Å²) >= 11 is 0. The number of cyclic esters (lactones) is 1. The summed E-state index contributed by atoms with van der Waals surface area (Å²) in [5.74, 6) is -1.36. The van der Waals surface area contributed by atoms with Gasteiger partial charge in [-0.2, -0.15) is 0 Å². The lowest BCUT2D eigenvalue weighted by molar-refractivity contribution is -0.173. The molecule has 26 heavy (non-hydrogen) atoms. The molecule has 134 valence electrons. The second-order valence-corrected chi connectivity index (χ2v) is 6.53. The van der Waals surface area contributed by atoms with Crippen LogP contribution >= 0.6 is 0 Å². The van der Waals surface area contributed by atoms with Crippen LogP contribution < -0.4 is 18.9 Å². The van der Waals surface area contributed by atoms with Gasteiger partial charge in [-0.3, -0.25) is 4.79 Å². The number of hydrogen-bond donors (Lipinski definition) is 1. The molecule has 1 fully saturated rings. The van der Waals surface area contributed by atoms with Crippen LogP contribution in [0.25, 0.3) is 0 Å². The van der Waals surface area contributed by atoms with Gasteiger partial charge in [0.05, 0.1) is 7.11 Å². The van der Waals surface area contributed by atoms with Crippen LogP contribution in [0.4, 0.5) is 0 Å². The number of aliphatic hydroxyl groups is 1. The molecule has 0 aliphatic carbocycles. The van der Waals surface area contributed by atoms with E-state index in [-0.39, 0.29) is 13.4 Å². The number of benzene rings is 2. The van der Waals surface area contributed by atoms with Gasteiger partial charge in [0, 0.05) is 17.5 Å². The second-order valence-electron chi connectivity index (χ2n) is 6.53. The van der Waals surface area contributed by atoms with Crippen molar-refractivity contribution in [2.24, 2.45) is 5.92 Å². The molecule has 0 amide bonds. The zero-order chi connectivity index (χ0) is 17.9. The summed E-state index contributed by atoms with van der Waals surface area (Å²) in [5.41, 5.74) is 1.55. The zero-order valence-electron chi connectivity index (χ0n) is 13.9. The van der Waals surface area contributed by atoms with Gasteiger partial charge in [0.1, 0.15) is 17.4 Å². The van der Waals surface area contributed by atoms with Crippen molar-refractivity contribution in [1.82, 2.24) is 0 Å². The molecule has 5 rings (SSSR count). The van der Waals surface area contributed by atoms with Crippen molar-refractivity contribution >= 4 is 5.97 Å². The predicted octanol–water partition coefficient (Wildman–Crippen LogP) is 1.81. The molecule has 1 saturated heterocycles. The van der Waals surface area contributed by atoms with Crippen molar-refractivity contribution in [3.8, 4) is 23.0 Å². The first-order valence-electron chi connectivity index (χ1n) is 8.24. The molecule has 0 saturated carbocycles. The first-order chi connectivity index (χ1) is 12.6. The van der Waals surface area contributed by atoms with Crippen LogP contribution in [0.2, 0.25) is 0 Å². The fourth-order valence-electron chi connectivity index (χ4n) is 3.88. The Labute approximate surface area is 149 Å². The van der Waals surface area contributed by atoms with Gasteiger partial charge in [-0.05, 0) is 23.8 Å². The number of carbonyl (C=O) groups is 1. The number of rotatable bonds is 2. The summed E-state index contributed by atoms with van der Waals surface area (Å²) < 4.78 is 27.1. The topological polar surface area (TPSA) is 83.5 Å². The van der Waals surface area contributed by atoms with Crippen molar-refractivity contribution < 1.29 is 33.6 Å². The number of esters is 1. The van der Waals surface area contributed by atoms with Crippen LogP contribution in [0.15, 0.2) is 36.4 Å². The highest BCUT2D eigenvalue weighted by molar-refractivity contribution is 5.79. The van der Waals surface area contributed by atoms with E-state index in [2.05, 4.69) is 0 Å². The van der Waals surface area contributed by atoms with Crippen LogP contribution in [-0.2, 0) is 9.53 Å². The van der Waals surface area contributed by atoms with Crippen LogP contribution in [0, 0.1) is 5.92 Å². The van der Waals surface area contributed by atoms with Crippen molar-refractivity contribution in [3.05, 3.63) is 47.5 Å². The molecule has 3 aliphatic rings. The van der Waals surface area contributed by atoms with Gasteiger partial charge in [-0.1, -0.05) is 12.1 Å². The van der Waals surface area contributed by atoms with E-state index in [0.717, 1.165) is 11.1 Å². The maximum Gasteiger partial charge on any atom is 0.317 e. The highest BCUT2D eigenvalue weighted by Gasteiger charge is 2.59. The first-order valence-corrected chi connectivity index (χ1v) is 8.24. The van der Waals surface area contributed by atoms with E-state index < -0.39 is 23.6 Å². The van der Waals surface area contributed by atoms with Gasteiger partial charge in [0.25, 0.3) is 5.79 Å². The van der Waals surface area contributed by atoms with Gasteiger partial charge in [-0.25, -0.2) is 0 Å². The molecule has 7 heteroatoms. The molecule has 0 bridgehead atoms. The van der Waals surface area contributed by atoms with E-state index in [1.54, 1.807) is 19.2 Å². The Morgan fingerprint density at radius 1 is 1.12 bits per heavy atom. The Kier molecular flexibility index (Phi) is 3.12. The molecule has 0 aromatic heterocycles. The molecular formula is C19H16O7. The molecular weight excluding hydrogens is 340 g/mol. The smallest absolute Gasteiger partial charge is 0.317 e. The van der Waals surface area contributed by atoms with Crippen molar-refractivity contribution in [2.75, 3.05) is 20.5 Å². The average molecular weight is 356 g/mol. The Balaban J connectivity index is 1.73.